The van der Waals surface area contributed by atoms with Crippen LogP contribution in [0.2, 0.25) is 0 Å². The molecule has 2 amide bonds. The predicted molar refractivity (Wildman–Crippen MR) is 83.3 cm³/mol. The molecule has 0 bridgehead atoms. The monoisotopic (exact) mass is 311 g/mol. The van der Waals surface area contributed by atoms with E-state index in [0.717, 1.165) is 4.90 Å². The topological polar surface area (TPSA) is 92.6 Å². The van der Waals surface area contributed by atoms with E-state index in [4.69, 9.17) is 0 Å². The molecule has 2 aromatic rings. The smallest absolute Gasteiger partial charge is 0.269 e. The third kappa shape index (κ3) is 2.52. The van der Waals surface area contributed by atoms with Gasteiger partial charge in [-0.2, -0.15) is 0 Å². The summed E-state index contributed by atoms with van der Waals surface area (Å²) >= 11 is 0. The van der Waals surface area contributed by atoms with Crippen molar-refractivity contribution in [2.75, 3.05) is 12.0 Å². The molecule has 3 rings (SSSR count). The van der Waals surface area contributed by atoms with Gasteiger partial charge in [-0.25, -0.2) is 0 Å². The minimum Gasteiger partial charge on any atom is -0.367 e. The Morgan fingerprint density at radius 1 is 1.09 bits per heavy atom. The number of nitrogens with zero attached hydrogens (tertiary/aromatic N) is 2. The van der Waals surface area contributed by atoms with Crippen LogP contribution in [0.3, 0.4) is 0 Å². The number of carbonyl (C=O) groups is 2. The second-order valence-electron chi connectivity index (χ2n) is 5.18. The number of nitro benzene ring substituents is 1. The van der Waals surface area contributed by atoms with Crippen LogP contribution >= 0.6 is 0 Å². The predicted octanol–water partition coefficient (Wildman–Crippen LogP) is 2.57. The molecular formula is C16H13N3O4. The van der Waals surface area contributed by atoms with Crippen molar-refractivity contribution in [3.05, 3.63) is 69.3 Å². The van der Waals surface area contributed by atoms with Gasteiger partial charge in [0.15, 0.2) is 0 Å². The molecule has 7 nitrogen and oxygen atoms in total. The van der Waals surface area contributed by atoms with E-state index in [0.29, 0.717) is 22.4 Å². The fourth-order valence-electron chi connectivity index (χ4n) is 2.51. The van der Waals surface area contributed by atoms with E-state index in [1.54, 1.807) is 37.3 Å². The van der Waals surface area contributed by atoms with Gasteiger partial charge in [-0.05, 0) is 30.7 Å². The largest absolute Gasteiger partial charge is 0.367 e. The highest BCUT2D eigenvalue weighted by Gasteiger charge is 2.34. The third-order valence-corrected chi connectivity index (χ3v) is 3.73. The average Bonchev–Trinajstić information content (AvgIpc) is 2.78. The van der Waals surface area contributed by atoms with Gasteiger partial charge in [-0.15, -0.1) is 0 Å². The first-order valence-electron chi connectivity index (χ1n) is 6.93. The summed E-state index contributed by atoms with van der Waals surface area (Å²) in [4.78, 5) is 35.8. The molecule has 0 unspecified atom stereocenters. The number of hydrogen-bond acceptors (Lipinski definition) is 5. The summed E-state index contributed by atoms with van der Waals surface area (Å²) in [5.41, 5.74) is 2.07. The minimum absolute atomic E-state index is 0.00496. The van der Waals surface area contributed by atoms with Crippen LogP contribution in [0.4, 0.5) is 11.4 Å². The lowest BCUT2D eigenvalue weighted by atomic mass is 10.1. The van der Waals surface area contributed by atoms with Crippen molar-refractivity contribution in [1.29, 1.82) is 0 Å². The van der Waals surface area contributed by atoms with Gasteiger partial charge in [0.05, 0.1) is 22.7 Å². The Morgan fingerprint density at radius 2 is 1.70 bits per heavy atom. The maximum atomic E-state index is 12.2. The fraction of sp³-hybridized carbons (Fsp3) is 0.125. The molecule has 0 saturated heterocycles. The summed E-state index contributed by atoms with van der Waals surface area (Å²) in [6.45, 7) is 1.72. The van der Waals surface area contributed by atoms with Crippen molar-refractivity contribution in [3.63, 3.8) is 0 Å². The van der Waals surface area contributed by atoms with Crippen molar-refractivity contribution < 1.29 is 14.5 Å². The summed E-state index contributed by atoms with van der Waals surface area (Å²) in [5, 5.41) is 13.7. The van der Waals surface area contributed by atoms with Crippen LogP contribution in [0, 0.1) is 17.0 Å². The molecule has 23 heavy (non-hydrogen) atoms. The van der Waals surface area contributed by atoms with Crippen LogP contribution in [-0.4, -0.2) is 28.3 Å². The SMILES string of the molecule is Cc1cc([N+](=O)[O-])ccc1NCN1C(=O)c2ccccc2C1=O. The maximum absolute atomic E-state index is 12.2. The standard InChI is InChI=1S/C16H13N3O4/c1-10-8-11(19(22)23)6-7-14(10)17-9-18-15(20)12-4-2-3-5-13(12)16(18)21/h2-8,17H,9H2,1H3. The Labute approximate surface area is 131 Å². The number of anilines is 1. The van der Waals surface area contributed by atoms with Crippen molar-refractivity contribution in [1.82, 2.24) is 4.90 Å². The number of carbonyl (C=O) groups excluding carboxylic acids is 2. The summed E-state index contributed by atoms with van der Waals surface area (Å²) in [5.74, 6) is -0.699. The van der Waals surface area contributed by atoms with Gasteiger partial charge in [0, 0.05) is 17.8 Å². The molecule has 2 aromatic carbocycles. The van der Waals surface area contributed by atoms with E-state index in [9.17, 15) is 19.7 Å². The van der Waals surface area contributed by atoms with Gasteiger partial charge in [-0.3, -0.25) is 24.6 Å². The normalized spacial score (nSPS) is 13.2. The molecule has 1 aliphatic rings. The number of nitrogens with one attached hydrogen (secondary N) is 1. The Hall–Kier alpha value is -3.22. The summed E-state index contributed by atoms with van der Waals surface area (Å²) in [6.07, 6.45) is 0. The van der Waals surface area contributed by atoms with E-state index in [2.05, 4.69) is 5.32 Å². The van der Waals surface area contributed by atoms with E-state index >= 15 is 0 Å². The van der Waals surface area contributed by atoms with Crippen LogP contribution in [0.25, 0.3) is 0 Å². The Morgan fingerprint density at radius 3 is 2.22 bits per heavy atom. The summed E-state index contributed by atoms with van der Waals surface area (Å²) in [6, 6.07) is 11.0. The number of benzene rings is 2. The van der Waals surface area contributed by atoms with Crippen molar-refractivity contribution in [2.24, 2.45) is 0 Å². The van der Waals surface area contributed by atoms with Crippen LogP contribution in [-0.2, 0) is 0 Å². The zero-order chi connectivity index (χ0) is 16.6. The molecule has 7 heteroatoms. The minimum atomic E-state index is -0.471. The quantitative estimate of drug-likeness (QED) is 0.532. The molecule has 1 N–H and O–H groups in total. The molecular weight excluding hydrogens is 298 g/mol. The Kier molecular flexibility index (Phi) is 3.53. The van der Waals surface area contributed by atoms with Crippen LogP contribution < -0.4 is 5.32 Å². The number of amides is 2. The number of aryl methyl sites for hydroxylation is 1. The van der Waals surface area contributed by atoms with Crippen LogP contribution in [0.1, 0.15) is 26.3 Å². The molecule has 0 atom stereocenters. The van der Waals surface area contributed by atoms with Crippen molar-refractivity contribution in [3.8, 4) is 0 Å². The molecule has 1 heterocycles. The number of nitro groups is 1. The number of fused-ring (bicyclic) bond motifs is 1. The number of hydrogen-bond donors (Lipinski definition) is 1. The number of rotatable bonds is 4. The van der Waals surface area contributed by atoms with Gasteiger partial charge in [0.2, 0.25) is 0 Å². The summed E-state index contributed by atoms with van der Waals surface area (Å²) in [7, 11) is 0. The molecule has 0 radical (unpaired) electrons. The Bertz CT molecular complexity index is 797. The van der Waals surface area contributed by atoms with Crippen molar-refractivity contribution >= 4 is 23.2 Å². The van der Waals surface area contributed by atoms with E-state index in [1.165, 1.54) is 12.1 Å². The lowest BCUT2D eigenvalue weighted by Crippen LogP contribution is -2.34. The second kappa shape index (κ2) is 5.53. The van der Waals surface area contributed by atoms with E-state index in [1.807, 2.05) is 0 Å². The number of imide groups is 1. The second-order valence-corrected chi connectivity index (χ2v) is 5.18. The molecule has 0 aliphatic carbocycles. The summed E-state index contributed by atoms with van der Waals surface area (Å²) < 4.78 is 0. The van der Waals surface area contributed by atoms with Gasteiger partial charge in [-0.1, -0.05) is 12.1 Å². The molecule has 0 spiro atoms. The third-order valence-electron chi connectivity index (χ3n) is 3.73. The molecule has 0 aromatic heterocycles. The highest BCUT2D eigenvalue weighted by molar-refractivity contribution is 6.21. The highest BCUT2D eigenvalue weighted by atomic mass is 16.6. The van der Waals surface area contributed by atoms with Crippen LogP contribution in [0.5, 0.6) is 0 Å². The van der Waals surface area contributed by atoms with Crippen LogP contribution in [0.15, 0.2) is 42.5 Å². The molecule has 1 aliphatic heterocycles. The van der Waals surface area contributed by atoms with Gasteiger partial charge < -0.3 is 5.32 Å². The van der Waals surface area contributed by atoms with Crippen molar-refractivity contribution in [2.45, 2.75) is 6.92 Å². The van der Waals surface area contributed by atoms with Gasteiger partial charge in [0.1, 0.15) is 0 Å². The molecule has 0 fully saturated rings. The highest BCUT2D eigenvalue weighted by Crippen LogP contribution is 2.24. The Balaban J connectivity index is 1.76. The van der Waals surface area contributed by atoms with Gasteiger partial charge >= 0.3 is 0 Å². The lowest BCUT2D eigenvalue weighted by Gasteiger charge is -2.16. The average molecular weight is 311 g/mol. The lowest BCUT2D eigenvalue weighted by molar-refractivity contribution is -0.384. The van der Waals surface area contributed by atoms with E-state index in [-0.39, 0.29) is 24.2 Å². The first kappa shape index (κ1) is 14.7. The van der Waals surface area contributed by atoms with Gasteiger partial charge in [0.25, 0.3) is 17.5 Å². The zero-order valence-electron chi connectivity index (χ0n) is 12.3. The fourth-order valence-corrected chi connectivity index (χ4v) is 2.51. The first-order chi connectivity index (χ1) is 11.0. The molecule has 0 saturated carbocycles. The zero-order valence-corrected chi connectivity index (χ0v) is 12.3. The maximum Gasteiger partial charge on any atom is 0.269 e. The number of non-ortho nitro benzene ring substituents is 1. The molecule has 116 valence electrons. The first-order valence-corrected chi connectivity index (χ1v) is 6.93. The van der Waals surface area contributed by atoms with E-state index < -0.39 is 4.92 Å².